The molecule has 0 heterocycles. The summed E-state index contributed by atoms with van der Waals surface area (Å²) in [6.07, 6.45) is 3.42. The van der Waals surface area contributed by atoms with Gasteiger partial charge in [-0.1, -0.05) is 118 Å². The summed E-state index contributed by atoms with van der Waals surface area (Å²) in [4.78, 5) is 0. The SMILES string of the molecule is CC(C)[C@@H]1CC[C@@H](C)C[C@H]1P(=O)(c1ccccc1)[C@@H](N[C@@H](C)c1ccccc1)c1ccccc1. The Morgan fingerprint density at radius 2 is 1.29 bits per heavy atom. The van der Waals surface area contributed by atoms with Crippen molar-refractivity contribution >= 4 is 12.4 Å². The van der Waals surface area contributed by atoms with Crippen molar-refractivity contribution in [3.05, 3.63) is 102 Å². The number of rotatable bonds is 8. The van der Waals surface area contributed by atoms with E-state index in [1.807, 2.05) is 12.1 Å². The molecular formula is C31H40NOP. The maximum absolute atomic E-state index is 15.8. The van der Waals surface area contributed by atoms with Crippen LogP contribution in [-0.2, 0) is 4.57 Å². The second kappa shape index (κ2) is 11.1. The van der Waals surface area contributed by atoms with Gasteiger partial charge in [0, 0.05) is 17.0 Å². The van der Waals surface area contributed by atoms with E-state index in [-0.39, 0.29) is 17.5 Å². The van der Waals surface area contributed by atoms with Crippen LogP contribution in [-0.4, -0.2) is 5.66 Å². The Morgan fingerprint density at radius 1 is 0.765 bits per heavy atom. The van der Waals surface area contributed by atoms with E-state index in [9.17, 15) is 0 Å². The second-order valence-corrected chi connectivity index (χ2v) is 13.7. The van der Waals surface area contributed by atoms with Crippen molar-refractivity contribution in [1.29, 1.82) is 0 Å². The van der Waals surface area contributed by atoms with Gasteiger partial charge >= 0.3 is 0 Å². The molecule has 3 aromatic carbocycles. The largest absolute Gasteiger partial charge is 0.316 e. The van der Waals surface area contributed by atoms with Crippen LogP contribution < -0.4 is 10.6 Å². The van der Waals surface area contributed by atoms with Gasteiger partial charge in [0.1, 0.15) is 7.14 Å². The fourth-order valence-electron chi connectivity index (χ4n) is 5.92. The van der Waals surface area contributed by atoms with Gasteiger partial charge in [0.25, 0.3) is 0 Å². The van der Waals surface area contributed by atoms with Crippen LogP contribution in [0.3, 0.4) is 0 Å². The van der Waals surface area contributed by atoms with Gasteiger partial charge in [-0.15, -0.1) is 0 Å². The number of nitrogens with one attached hydrogen (secondary N) is 1. The zero-order valence-electron chi connectivity index (χ0n) is 21.1. The van der Waals surface area contributed by atoms with Crippen LogP contribution in [0.1, 0.15) is 69.9 Å². The van der Waals surface area contributed by atoms with Crippen LogP contribution >= 0.6 is 7.14 Å². The van der Waals surface area contributed by atoms with Gasteiger partial charge in [0.2, 0.25) is 0 Å². The first kappa shape index (κ1) is 25.0. The Hall–Kier alpha value is -2.15. The lowest BCUT2D eigenvalue weighted by atomic mass is 9.77. The first-order valence-electron chi connectivity index (χ1n) is 12.9. The molecule has 1 aliphatic rings. The molecule has 0 saturated heterocycles. The van der Waals surface area contributed by atoms with Crippen molar-refractivity contribution < 1.29 is 4.57 Å². The van der Waals surface area contributed by atoms with E-state index in [0.717, 1.165) is 23.7 Å². The minimum Gasteiger partial charge on any atom is -0.316 e. The van der Waals surface area contributed by atoms with E-state index in [1.165, 1.54) is 12.0 Å². The van der Waals surface area contributed by atoms with E-state index in [4.69, 9.17) is 0 Å². The third-order valence-electron chi connectivity index (χ3n) is 7.85. The zero-order chi connectivity index (χ0) is 24.1. The monoisotopic (exact) mass is 473 g/mol. The highest BCUT2D eigenvalue weighted by atomic mass is 31.2. The molecule has 180 valence electrons. The smallest absolute Gasteiger partial charge is 0.139 e. The van der Waals surface area contributed by atoms with Crippen molar-refractivity contribution in [1.82, 2.24) is 5.32 Å². The molecule has 1 fully saturated rings. The van der Waals surface area contributed by atoms with Crippen LogP contribution in [0.4, 0.5) is 0 Å². The minimum atomic E-state index is -2.91. The summed E-state index contributed by atoms with van der Waals surface area (Å²) in [6, 6.07) is 31.5. The Kier molecular flexibility index (Phi) is 8.12. The molecular weight excluding hydrogens is 433 g/mol. The van der Waals surface area contributed by atoms with Crippen LogP contribution in [0.2, 0.25) is 0 Å². The van der Waals surface area contributed by atoms with E-state index < -0.39 is 7.14 Å². The van der Waals surface area contributed by atoms with Gasteiger partial charge < -0.3 is 4.57 Å². The summed E-state index contributed by atoms with van der Waals surface area (Å²) in [5, 5.41) is 4.91. The summed E-state index contributed by atoms with van der Waals surface area (Å²) in [7, 11) is -2.91. The van der Waals surface area contributed by atoms with E-state index in [0.29, 0.717) is 17.8 Å². The van der Waals surface area contributed by atoms with Gasteiger partial charge in [0.15, 0.2) is 0 Å². The fraction of sp³-hybridized carbons (Fsp3) is 0.419. The molecule has 1 unspecified atom stereocenters. The lowest BCUT2D eigenvalue weighted by Gasteiger charge is -2.45. The van der Waals surface area contributed by atoms with Gasteiger partial charge in [-0.05, 0) is 48.6 Å². The quantitative estimate of drug-likeness (QED) is 0.334. The fourth-order valence-corrected chi connectivity index (χ4v) is 10.4. The molecule has 6 atom stereocenters. The molecule has 0 radical (unpaired) electrons. The predicted octanol–water partition coefficient (Wildman–Crippen LogP) is 8.19. The molecule has 34 heavy (non-hydrogen) atoms. The summed E-state index contributed by atoms with van der Waals surface area (Å²) >= 11 is 0. The van der Waals surface area contributed by atoms with Crippen LogP contribution in [0.15, 0.2) is 91.0 Å². The van der Waals surface area contributed by atoms with Crippen molar-refractivity contribution in [2.24, 2.45) is 17.8 Å². The molecule has 0 spiro atoms. The van der Waals surface area contributed by atoms with Crippen molar-refractivity contribution in [3.63, 3.8) is 0 Å². The third kappa shape index (κ3) is 5.24. The standard InChI is InChI=1S/C31H40NOP/c1-23(2)29-21-20-24(3)22-30(29)34(33,28-18-12-7-13-19-28)31(27-16-10-6-11-17-27)32-25(4)26-14-8-5-9-15-26/h5-19,23-25,29-32H,20-22H2,1-4H3/t24-,25+,29+,30-,31-,34?/m1/s1. The number of hydrogen-bond donors (Lipinski definition) is 1. The highest BCUT2D eigenvalue weighted by Gasteiger charge is 2.48. The predicted molar refractivity (Wildman–Crippen MR) is 146 cm³/mol. The van der Waals surface area contributed by atoms with Crippen molar-refractivity contribution in [2.45, 2.75) is 64.4 Å². The topological polar surface area (TPSA) is 29.1 Å². The van der Waals surface area contributed by atoms with Gasteiger partial charge in [0.05, 0.1) is 5.78 Å². The van der Waals surface area contributed by atoms with E-state index in [2.05, 4.69) is 112 Å². The van der Waals surface area contributed by atoms with Gasteiger partial charge in [-0.25, -0.2) is 0 Å². The maximum Gasteiger partial charge on any atom is 0.139 e. The number of hydrogen-bond acceptors (Lipinski definition) is 2. The summed E-state index contributed by atoms with van der Waals surface area (Å²) in [5.74, 6) is 1.34. The van der Waals surface area contributed by atoms with Crippen molar-refractivity contribution in [2.75, 3.05) is 0 Å². The Balaban J connectivity index is 1.87. The molecule has 4 rings (SSSR count). The lowest BCUT2D eigenvalue weighted by Crippen LogP contribution is -2.39. The first-order chi connectivity index (χ1) is 16.4. The van der Waals surface area contributed by atoms with Gasteiger partial charge in [-0.3, -0.25) is 5.32 Å². The molecule has 1 aliphatic carbocycles. The number of benzene rings is 3. The van der Waals surface area contributed by atoms with Crippen LogP contribution in [0.5, 0.6) is 0 Å². The summed E-state index contributed by atoms with van der Waals surface area (Å²) in [6.45, 7) is 9.18. The summed E-state index contributed by atoms with van der Waals surface area (Å²) in [5.41, 5.74) is 2.51. The van der Waals surface area contributed by atoms with E-state index >= 15 is 4.57 Å². The maximum atomic E-state index is 15.8. The minimum absolute atomic E-state index is 0.0851. The van der Waals surface area contributed by atoms with Crippen LogP contribution in [0.25, 0.3) is 0 Å². The summed E-state index contributed by atoms with van der Waals surface area (Å²) < 4.78 is 15.8. The molecule has 0 aromatic heterocycles. The Morgan fingerprint density at radius 3 is 1.85 bits per heavy atom. The van der Waals surface area contributed by atoms with Crippen molar-refractivity contribution in [3.8, 4) is 0 Å². The lowest BCUT2D eigenvalue weighted by molar-refractivity contribution is 0.235. The molecule has 2 nitrogen and oxygen atoms in total. The van der Waals surface area contributed by atoms with E-state index in [1.54, 1.807) is 0 Å². The highest BCUT2D eigenvalue weighted by molar-refractivity contribution is 7.72. The van der Waals surface area contributed by atoms with Crippen LogP contribution in [0, 0.1) is 17.8 Å². The average Bonchev–Trinajstić information content (AvgIpc) is 2.88. The molecule has 1 N–H and O–H groups in total. The van der Waals surface area contributed by atoms with Gasteiger partial charge in [-0.2, -0.15) is 0 Å². The highest BCUT2D eigenvalue weighted by Crippen LogP contribution is 2.66. The molecule has 3 aromatic rings. The normalized spacial score (nSPS) is 24.3. The Labute approximate surface area is 206 Å². The first-order valence-corrected chi connectivity index (χ1v) is 14.8. The second-order valence-electron chi connectivity index (χ2n) is 10.6. The Bertz CT molecular complexity index is 1070. The molecule has 3 heteroatoms. The molecule has 0 aliphatic heterocycles. The average molecular weight is 474 g/mol. The third-order valence-corrected chi connectivity index (χ3v) is 11.7. The molecule has 0 bridgehead atoms. The molecule has 1 saturated carbocycles. The molecule has 0 amide bonds. The zero-order valence-corrected chi connectivity index (χ0v) is 22.0.